The van der Waals surface area contributed by atoms with E-state index in [2.05, 4.69) is 5.32 Å². The molecule has 0 bridgehead atoms. The van der Waals surface area contributed by atoms with Crippen LogP contribution in [0.5, 0.6) is 0 Å². The van der Waals surface area contributed by atoms with Gasteiger partial charge in [0.15, 0.2) is 0 Å². The first-order valence-electron chi connectivity index (χ1n) is 6.32. The fourth-order valence-electron chi connectivity index (χ4n) is 2.72. The Hall–Kier alpha value is -0.640. The Labute approximate surface area is 112 Å². The number of rotatable bonds is 4. The van der Waals surface area contributed by atoms with Crippen LogP contribution in [0.25, 0.3) is 0 Å². The molecule has 1 aromatic rings. The van der Waals surface area contributed by atoms with E-state index in [4.69, 9.17) is 16.3 Å². The van der Waals surface area contributed by atoms with Gasteiger partial charge in [0.2, 0.25) is 0 Å². The van der Waals surface area contributed by atoms with E-state index in [1.807, 2.05) is 13.1 Å². The first-order chi connectivity index (χ1) is 8.67. The summed E-state index contributed by atoms with van der Waals surface area (Å²) in [5.41, 5.74) is 0.668. The van der Waals surface area contributed by atoms with Gasteiger partial charge in [0.25, 0.3) is 0 Å². The van der Waals surface area contributed by atoms with Gasteiger partial charge < -0.3 is 10.1 Å². The van der Waals surface area contributed by atoms with Gasteiger partial charge in [-0.15, -0.1) is 0 Å². The van der Waals surface area contributed by atoms with Crippen molar-refractivity contribution in [3.8, 4) is 0 Å². The largest absolute Gasteiger partial charge is 0.381 e. The molecule has 0 spiro atoms. The molecule has 1 aromatic carbocycles. The van der Waals surface area contributed by atoms with Crippen molar-refractivity contribution in [1.29, 1.82) is 0 Å². The average Bonchev–Trinajstić information content (AvgIpc) is 2.36. The van der Waals surface area contributed by atoms with Crippen LogP contribution in [0.3, 0.4) is 0 Å². The van der Waals surface area contributed by atoms with Crippen molar-refractivity contribution in [2.75, 3.05) is 26.8 Å². The highest BCUT2D eigenvalue weighted by Crippen LogP contribution is 2.33. The van der Waals surface area contributed by atoms with Crippen molar-refractivity contribution in [3.05, 3.63) is 34.6 Å². The quantitative estimate of drug-likeness (QED) is 0.909. The van der Waals surface area contributed by atoms with Crippen LogP contribution >= 0.6 is 11.6 Å². The minimum Gasteiger partial charge on any atom is -0.381 e. The summed E-state index contributed by atoms with van der Waals surface area (Å²) >= 11 is 5.83. The molecule has 4 heteroatoms. The molecule has 0 amide bonds. The van der Waals surface area contributed by atoms with Gasteiger partial charge in [-0.3, -0.25) is 0 Å². The van der Waals surface area contributed by atoms with Crippen LogP contribution in [0.4, 0.5) is 4.39 Å². The van der Waals surface area contributed by atoms with Crippen LogP contribution in [0.15, 0.2) is 18.2 Å². The van der Waals surface area contributed by atoms with E-state index < -0.39 is 0 Å². The van der Waals surface area contributed by atoms with Gasteiger partial charge >= 0.3 is 0 Å². The van der Waals surface area contributed by atoms with E-state index in [-0.39, 0.29) is 16.3 Å². The second-order valence-corrected chi connectivity index (χ2v) is 5.48. The summed E-state index contributed by atoms with van der Waals surface area (Å²) in [5, 5.41) is 3.40. The molecule has 1 aliphatic rings. The highest BCUT2D eigenvalue weighted by Gasteiger charge is 2.33. The number of hydrogen-bond acceptors (Lipinski definition) is 2. The summed E-state index contributed by atoms with van der Waals surface area (Å²) in [6.45, 7) is 2.32. The topological polar surface area (TPSA) is 21.3 Å². The lowest BCUT2D eigenvalue weighted by Crippen LogP contribution is -2.42. The lowest BCUT2D eigenvalue weighted by atomic mass is 9.77. The Morgan fingerprint density at radius 3 is 3.00 bits per heavy atom. The lowest BCUT2D eigenvalue weighted by Gasteiger charge is -2.37. The molecule has 1 unspecified atom stereocenters. The maximum atomic E-state index is 14.0. The molecule has 0 aromatic heterocycles. The third-order valence-corrected chi connectivity index (χ3v) is 3.84. The molecule has 0 radical (unpaired) electrons. The molecule has 0 saturated carbocycles. The summed E-state index contributed by atoms with van der Waals surface area (Å²) < 4.78 is 19.6. The highest BCUT2D eigenvalue weighted by molar-refractivity contribution is 6.30. The first kappa shape index (κ1) is 13.8. The molecule has 1 N–H and O–H groups in total. The maximum Gasteiger partial charge on any atom is 0.144 e. The Morgan fingerprint density at radius 1 is 1.50 bits per heavy atom. The van der Waals surface area contributed by atoms with Gasteiger partial charge in [-0.2, -0.15) is 0 Å². The van der Waals surface area contributed by atoms with E-state index in [1.54, 1.807) is 12.1 Å². The summed E-state index contributed by atoms with van der Waals surface area (Å²) in [4.78, 5) is 0. The second-order valence-electron chi connectivity index (χ2n) is 5.08. The Morgan fingerprint density at radius 2 is 2.33 bits per heavy atom. The molecule has 1 atom stereocenters. The van der Waals surface area contributed by atoms with Crippen LogP contribution in [0, 0.1) is 11.2 Å². The van der Waals surface area contributed by atoms with Crippen LogP contribution in [0.2, 0.25) is 5.02 Å². The molecule has 1 fully saturated rings. The molecule has 1 saturated heterocycles. The smallest absolute Gasteiger partial charge is 0.144 e. The Balaban J connectivity index is 2.20. The van der Waals surface area contributed by atoms with E-state index in [1.165, 1.54) is 0 Å². The fourth-order valence-corrected chi connectivity index (χ4v) is 2.91. The van der Waals surface area contributed by atoms with Crippen molar-refractivity contribution in [3.63, 3.8) is 0 Å². The van der Waals surface area contributed by atoms with E-state index >= 15 is 0 Å². The SMILES string of the molecule is CNCC1(Cc2cccc(Cl)c2F)CCCOC1. The third kappa shape index (κ3) is 3.02. The Kier molecular flexibility index (Phi) is 4.60. The van der Waals surface area contributed by atoms with E-state index in [0.717, 1.165) is 26.0 Å². The van der Waals surface area contributed by atoms with Gasteiger partial charge in [-0.05, 0) is 37.9 Å². The Bertz CT molecular complexity index is 399. The normalized spacial score (nSPS) is 24.2. The number of hydrogen-bond donors (Lipinski definition) is 1. The molecule has 18 heavy (non-hydrogen) atoms. The standard InChI is InChI=1S/C14H19ClFNO/c1-17-9-14(6-3-7-18-10-14)8-11-4-2-5-12(15)13(11)16/h2,4-5,17H,3,6-10H2,1H3. The lowest BCUT2D eigenvalue weighted by molar-refractivity contribution is -0.00661. The van der Waals surface area contributed by atoms with Crippen molar-refractivity contribution in [1.82, 2.24) is 5.32 Å². The molecule has 2 nitrogen and oxygen atoms in total. The zero-order valence-corrected chi connectivity index (χ0v) is 11.4. The summed E-state index contributed by atoms with van der Waals surface area (Å²) in [6.07, 6.45) is 2.75. The third-order valence-electron chi connectivity index (χ3n) is 3.55. The number of nitrogens with one attached hydrogen (secondary N) is 1. The molecule has 1 heterocycles. The first-order valence-corrected chi connectivity index (χ1v) is 6.70. The average molecular weight is 272 g/mol. The van der Waals surface area contributed by atoms with E-state index in [0.29, 0.717) is 18.6 Å². The van der Waals surface area contributed by atoms with Gasteiger partial charge in [-0.1, -0.05) is 23.7 Å². The molecule has 0 aliphatic carbocycles. The van der Waals surface area contributed by atoms with Crippen molar-refractivity contribution >= 4 is 11.6 Å². The van der Waals surface area contributed by atoms with Gasteiger partial charge in [0, 0.05) is 18.6 Å². The predicted octanol–water partition coefficient (Wildman–Crippen LogP) is 3.04. The van der Waals surface area contributed by atoms with Gasteiger partial charge in [0.05, 0.1) is 11.6 Å². The minimum absolute atomic E-state index is 0.0154. The molecule has 1 aliphatic heterocycles. The minimum atomic E-state index is -0.291. The van der Waals surface area contributed by atoms with Gasteiger partial charge in [-0.25, -0.2) is 4.39 Å². The highest BCUT2D eigenvalue weighted by atomic mass is 35.5. The van der Waals surface area contributed by atoms with Crippen molar-refractivity contribution in [2.45, 2.75) is 19.3 Å². The van der Waals surface area contributed by atoms with Crippen LogP contribution < -0.4 is 5.32 Å². The maximum absolute atomic E-state index is 14.0. The zero-order valence-electron chi connectivity index (χ0n) is 10.6. The molecular weight excluding hydrogens is 253 g/mol. The van der Waals surface area contributed by atoms with Crippen LogP contribution in [-0.2, 0) is 11.2 Å². The number of ether oxygens (including phenoxy) is 1. The fraction of sp³-hybridized carbons (Fsp3) is 0.571. The molecule has 2 rings (SSSR count). The monoisotopic (exact) mass is 271 g/mol. The summed E-state index contributed by atoms with van der Waals surface area (Å²) in [5.74, 6) is -0.291. The van der Waals surface area contributed by atoms with E-state index in [9.17, 15) is 4.39 Å². The molecular formula is C14H19ClFNO. The second kappa shape index (κ2) is 6.00. The van der Waals surface area contributed by atoms with Crippen LogP contribution in [0.1, 0.15) is 18.4 Å². The van der Waals surface area contributed by atoms with Gasteiger partial charge in [0.1, 0.15) is 5.82 Å². The zero-order chi connectivity index (χ0) is 13.0. The summed E-state index contributed by atoms with van der Waals surface area (Å²) in [7, 11) is 1.92. The predicted molar refractivity (Wildman–Crippen MR) is 71.5 cm³/mol. The van der Waals surface area contributed by atoms with Crippen molar-refractivity contribution < 1.29 is 9.13 Å². The van der Waals surface area contributed by atoms with Crippen LogP contribution in [-0.4, -0.2) is 26.8 Å². The summed E-state index contributed by atoms with van der Waals surface area (Å²) in [6, 6.07) is 5.20. The van der Waals surface area contributed by atoms with Crippen molar-refractivity contribution in [2.24, 2.45) is 5.41 Å². The molecule has 100 valence electrons. The number of halogens is 2. The number of benzene rings is 1.